The van der Waals surface area contributed by atoms with Crippen LogP contribution in [0.5, 0.6) is 5.75 Å². The normalized spacial score (nSPS) is 21.6. The first kappa shape index (κ1) is 19.2. The van der Waals surface area contributed by atoms with Crippen molar-refractivity contribution in [2.45, 2.75) is 12.1 Å². The maximum Gasteiger partial charge on any atom is 0.322 e. The molecule has 0 aromatic heterocycles. The van der Waals surface area contributed by atoms with E-state index in [2.05, 4.69) is 17.2 Å². The molecule has 2 aliphatic heterocycles. The average Bonchev–Trinajstić information content (AvgIpc) is 3.14. The lowest BCUT2D eigenvalue weighted by Gasteiger charge is -2.31. The molecule has 2 N–H and O–H groups in total. The van der Waals surface area contributed by atoms with Gasteiger partial charge in [0.15, 0.2) is 5.54 Å². The maximum atomic E-state index is 12.9. The number of nitrogens with zero attached hydrogens (tertiary/aromatic N) is 1. The Kier molecular flexibility index (Phi) is 5.21. The molecule has 0 saturated carbocycles. The third-order valence-corrected chi connectivity index (χ3v) is 4.70. The van der Waals surface area contributed by atoms with Crippen LogP contribution in [-0.4, -0.2) is 49.0 Å². The summed E-state index contributed by atoms with van der Waals surface area (Å²) < 4.78 is 10.6. The number of imide groups is 1. The number of ether oxygens (including phenoxy) is 2. The molecule has 0 spiro atoms. The van der Waals surface area contributed by atoms with Crippen molar-refractivity contribution in [2.24, 2.45) is 0 Å². The monoisotopic (exact) mass is 383 g/mol. The first-order valence-corrected chi connectivity index (χ1v) is 8.59. The second-order valence-electron chi connectivity index (χ2n) is 6.35. The van der Waals surface area contributed by atoms with Crippen LogP contribution in [0, 0.1) is 0 Å². The number of hydrogen-bond acceptors (Lipinski definition) is 5. The molecule has 8 heteroatoms. The van der Waals surface area contributed by atoms with E-state index in [1.54, 1.807) is 36.4 Å². The number of methoxy groups -OCH3 is 2. The van der Waals surface area contributed by atoms with Gasteiger partial charge < -0.3 is 19.7 Å². The summed E-state index contributed by atoms with van der Waals surface area (Å²) in [5.41, 5.74) is -0.201. The average molecular weight is 383 g/mol. The van der Waals surface area contributed by atoms with Crippen molar-refractivity contribution in [3.63, 3.8) is 0 Å². The minimum Gasteiger partial charge on any atom is -0.498 e. The van der Waals surface area contributed by atoms with Crippen molar-refractivity contribution >= 4 is 17.8 Å². The highest BCUT2D eigenvalue weighted by Gasteiger charge is 2.53. The quantitative estimate of drug-likeness (QED) is 0.423. The fraction of sp³-hybridized carbons (Fsp3) is 0.250. The lowest BCUT2D eigenvalue weighted by Crippen LogP contribution is -2.57. The standard InChI is InChI=1S/C20H21N3O5/c1-4-5-6-7-16(28-3)20(18(25)21-19(26)22-20)12-23-11-13-8-9-14(27-2)10-15(13)17(23)24/h4-10H,1,11-12H2,2-3H3,(H2,21,22,25,26)/b6-5+,16-7-/t20-/m0/s1. The summed E-state index contributed by atoms with van der Waals surface area (Å²) >= 11 is 0. The molecule has 1 atom stereocenters. The fourth-order valence-corrected chi connectivity index (χ4v) is 3.34. The number of benzene rings is 1. The van der Waals surface area contributed by atoms with E-state index >= 15 is 0 Å². The number of nitrogens with one attached hydrogen (secondary N) is 2. The minimum absolute atomic E-state index is 0.0813. The third-order valence-electron chi connectivity index (χ3n) is 4.70. The first-order valence-electron chi connectivity index (χ1n) is 8.59. The molecule has 2 aliphatic rings. The predicted octanol–water partition coefficient (Wildman–Crippen LogP) is 1.50. The Bertz CT molecular complexity index is 905. The van der Waals surface area contributed by atoms with E-state index in [4.69, 9.17) is 9.47 Å². The Labute approximate surface area is 162 Å². The topological polar surface area (TPSA) is 97.0 Å². The van der Waals surface area contributed by atoms with Crippen molar-refractivity contribution in [1.82, 2.24) is 15.5 Å². The van der Waals surface area contributed by atoms with Gasteiger partial charge in [0.1, 0.15) is 11.5 Å². The summed E-state index contributed by atoms with van der Waals surface area (Å²) in [5, 5.41) is 4.85. The Hall–Kier alpha value is -3.55. The lowest BCUT2D eigenvalue weighted by molar-refractivity contribution is -0.124. The van der Waals surface area contributed by atoms with Gasteiger partial charge in [-0.2, -0.15) is 0 Å². The predicted molar refractivity (Wildman–Crippen MR) is 102 cm³/mol. The van der Waals surface area contributed by atoms with Gasteiger partial charge in [-0.1, -0.05) is 30.9 Å². The van der Waals surface area contributed by atoms with Gasteiger partial charge >= 0.3 is 6.03 Å². The number of carbonyl (C=O) groups excluding carboxylic acids is 3. The number of allylic oxidation sites excluding steroid dienone is 4. The zero-order valence-corrected chi connectivity index (χ0v) is 15.7. The van der Waals surface area contributed by atoms with Crippen LogP contribution in [0.2, 0.25) is 0 Å². The van der Waals surface area contributed by atoms with Crippen LogP contribution in [0.25, 0.3) is 0 Å². The van der Waals surface area contributed by atoms with Crippen molar-refractivity contribution in [2.75, 3.05) is 20.8 Å². The highest BCUT2D eigenvalue weighted by atomic mass is 16.5. The molecule has 3 rings (SSSR count). The Morgan fingerprint density at radius 3 is 2.68 bits per heavy atom. The van der Waals surface area contributed by atoms with Crippen molar-refractivity contribution < 1.29 is 23.9 Å². The zero-order valence-electron chi connectivity index (χ0n) is 15.7. The van der Waals surface area contributed by atoms with Crippen molar-refractivity contribution in [3.05, 3.63) is 66.0 Å². The summed E-state index contributed by atoms with van der Waals surface area (Å²) in [6.45, 7) is 3.81. The number of rotatable bonds is 7. The summed E-state index contributed by atoms with van der Waals surface area (Å²) in [6.07, 6.45) is 6.42. The molecule has 146 valence electrons. The van der Waals surface area contributed by atoms with Crippen LogP contribution in [0.4, 0.5) is 4.79 Å². The van der Waals surface area contributed by atoms with Crippen LogP contribution in [0.1, 0.15) is 15.9 Å². The number of carbonyl (C=O) groups is 3. The van der Waals surface area contributed by atoms with E-state index in [0.717, 1.165) is 5.56 Å². The van der Waals surface area contributed by atoms with Gasteiger partial charge in [0, 0.05) is 12.1 Å². The summed E-state index contributed by atoms with van der Waals surface area (Å²) in [7, 11) is 2.93. The number of urea groups is 1. The van der Waals surface area contributed by atoms with Gasteiger partial charge in [-0.15, -0.1) is 0 Å². The van der Waals surface area contributed by atoms with Crippen LogP contribution in [-0.2, 0) is 16.1 Å². The molecule has 0 radical (unpaired) electrons. The van der Waals surface area contributed by atoms with E-state index in [-0.39, 0.29) is 18.2 Å². The van der Waals surface area contributed by atoms with Crippen molar-refractivity contribution in [1.29, 1.82) is 0 Å². The molecule has 0 unspecified atom stereocenters. The Morgan fingerprint density at radius 1 is 1.29 bits per heavy atom. The number of fused-ring (bicyclic) bond motifs is 1. The Morgan fingerprint density at radius 2 is 2.07 bits per heavy atom. The minimum atomic E-state index is -1.53. The van der Waals surface area contributed by atoms with E-state index < -0.39 is 17.5 Å². The van der Waals surface area contributed by atoms with E-state index in [9.17, 15) is 14.4 Å². The molecular formula is C20H21N3O5. The van der Waals surface area contributed by atoms with Crippen LogP contribution >= 0.6 is 0 Å². The highest BCUT2D eigenvalue weighted by Crippen LogP contribution is 2.31. The fourth-order valence-electron chi connectivity index (χ4n) is 3.34. The molecule has 1 saturated heterocycles. The summed E-state index contributed by atoms with van der Waals surface area (Å²) in [4.78, 5) is 39.0. The van der Waals surface area contributed by atoms with Crippen molar-refractivity contribution in [3.8, 4) is 5.75 Å². The van der Waals surface area contributed by atoms with Crippen LogP contribution in [0.3, 0.4) is 0 Å². The smallest absolute Gasteiger partial charge is 0.322 e. The SMILES string of the molecule is C=C/C=C/C=C(\OC)[C@]1(CN2Cc3ccc(OC)cc3C2=O)NC(=O)NC1=O. The van der Waals surface area contributed by atoms with Gasteiger partial charge in [-0.3, -0.25) is 14.9 Å². The van der Waals surface area contributed by atoms with Crippen LogP contribution < -0.4 is 15.4 Å². The largest absolute Gasteiger partial charge is 0.498 e. The number of hydrogen-bond donors (Lipinski definition) is 2. The number of amides is 4. The molecule has 4 amide bonds. The molecular weight excluding hydrogens is 362 g/mol. The van der Waals surface area contributed by atoms with E-state index in [1.165, 1.54) is 19.1 Å². The summed E-state index contributed by atoms with van der Waals surface area (Å²) in [5.74, 6) is -0.0591. The molecule has 0 aliphatic carbocycles. The molecule has 28 heavy (non-hydrogen) atoms. The van der Waals surface area contributed by atoms with Gasteiger partial charge in [0.25, 0.3) is 11.8 Å². The summed E-state index contributed by atoms with van der Waals surface area (Å²) in [6, 6.07) is 4.60. The molecule has 1 fully saturated rings. The third kappa shape index (κ3) is 3.24. The van der Waals surface area contributed by atoms with Gasteiger partial charge in [-0.05, 0) is 23.8 Å². The maximum absolute atomic E-state index is 12.9. The zero-order chi connectivity index (χ0) is 20.3. The lowest BCUT2D eigenvalue weighted by atomic mass is 9.95. The molecule has 1 aromatic carbocycles. The second kappa shape index (κ2) is 7.59. The molecule has 0 bridgehead atoms. The molecule has 2 heterocycles. The molecule has 8 nitrogen and oxygen atoms in total. The van der Waals surface area contributed by atoms with Gasteiger partial charge in [-0.25, -0.2) is 4.79 Å². The highest BCUT2D eigenvalue weighted by molar-refractivity contribution is 6.09. The van der Waals surface area contributed by atoms with E-state index in [1.807, 2.05) is 6.07 Å². The van der Waals surface area contributed by atoms with Gasteiger partial charge in [0.2, 0.25) is 0 Å². The molecule has 1 aromatic rings. The van der Waals surface area contributed by atoms with Gasteiger partial charge in [0.05, 0.1) is 20.8 Å². The van der Waals surface area contributed by atoms with Crippen LogP contribution in [0.15, 0.2) is 54.8 Å². The van der Waals surface area contributed by atoms with E-state index in [0.29, 0.717) is 17.9 Å². The second-order valence-corrected chi connectivity index (χ2v) is 6.35. The first-order chi connectivity index (χ1) is 13.4. The Balaban J connectivity index is 1.95.